The second kappa shape index (κ2) is 6.59. The molecule has 0 heterocycles. The number of allylic oxidation sites excluding steroid dienone is 1. The smallest absolute Gasteiger partial charge is 0.254 e. The van der Waals surface area contributed by atoms with Crippen LogP contribution in [0, 0.1) is 0 Å². The van der Waals surface area contributed by atoms with Crippen LogP contribution < -0.4 is 5.32 Å². The quantitative estimate of drug-likeness (QED) is 0.827. The number of halogens is 1. The maximum absolute atomic E-state index is 11.9. The molecule has 2 aromatic carbocycles. The van der Waals surface area contributed by atoms with Crippen LogP contribution in [0.1, 0.15) is 27.4 Å². The van der Waals surface area contributed by atoms with E-state index in [2.05, 4.69) is 27.8 Å². The summed E-state index contributed by atoms with van der Waals surface area (Å²) >= 11 is 3.39. The number of nitrogens with one attached hydrogen (secondary N) is 1. The highest BCUT2D eigenvalue weighted by molar-refractivity contribution is 9.10. The number of hydrogen-bond acceptors (Lipinski definition) is 2. The minimum absolute atomic E-state index is 0.0219. The van der Waals surface area contributed by atoms with E-state index >= 15 is 0 Å². The Morgan fingerprint density at radius 1 is 1.33 bits per heavy atom. The van der Waals surface area contributed by atoms with Crippen LogP contribution in [0.2, 0.25) is 0 Å². The van der Waals surface area contributed by atoms with E-state index < -0.39 is 0 Å². The number of aromatic hydroxyl groups is 1. The summed E-state index contributed by atoms with van der Waals surface area (Å²) in [7, 11) is 1.53. The van der Waals surface area contributed by atoms with E-state index in [-0.39, 0.29) is 23.1 Å². The zero-order chi connectivity index (χ0) is 15.4. The Labute approximate surface area is 132 Å². The first kappa shape index (κ1) is 15.3. The van der Waals surface area contributed by atoms with Crippen molar-refractivity contribution in [2.24, 2.45) is 0 Å². The van der Waals surface area contributed by atoms with Gasteiger partial charge in [0.05, 0.1) is 5.56 Å². The van der Waals surface area contributed by atoms with Gasteiger partial charge in [-0.15, -0.1) is 6.58 Å². The van der Waals surface area contributed by atoms with E-state index in [0.29, 0.717) is 5.56 Å². The zero-order valence-electron chi connectivity index (χ0n) is 11.6. The van der Waals surface area contributed by atoms with Crippen molar-refractivity contribution >= 4 is 21.8 Å². The fourth-order valence-corrected chi connectivity index (χ4v) is 2.74. The van der Waals surface area contributed by atoms with Crippen molar-refractivity contribution in [1.29, 1.82) is 0 Å². The van der Waals surface area contributed by atoms with Gasteiger partial charge in [-0.1, -0.05) is 52.3 Å². The van der Waals surface area contributed by atoms with Gasteiger partial charge < -0.3 is 10.4 Å². The van der Waals surface area contributed by atoms with Gasteiger partial charge in [0.25, 0.3) is 5.91 Å². The molecule has 0 saturated heterocycles. The van der Waals surface area contributed by atoms with Gasteiger partial charge in [0.15, 0.2) is 0 Å². The van der Waals surface area contributed by atoms with E-state index in [4.69, 9.17) is 0 Å². The third-order valence-corrected chi connectivity index (χ3v) is 3.76. The lowest BCUT2D eigenvalue weighted by atomic mass is 9.89. The van der Waals surface area contributed by atoms with Crippen molar-refractivity contribution in [3.05, 3.63) is 76.3 Å². The van der Waals surface area contributed by atoms with E-state index in [1.165, 1.54) is 7.05 Å². The van der Waals surface area contributed by atoms with Crippen molar-refractivity contribution in [2.45, 2.75) is 5.92 Å². The number of carbonyl (C=O) groups excluding carboxylic acids is 1. The second-order valence-corrected chi connectivity index (χ2v) is 5.51. The van der Waals surface area contributed by atoms with Crippen LogP contribution in [0.4, 0.5) is 0 Å². The van der Waals surface area contributed by atoms with E-state index in [0.717, 1.165) is 10.0 Å². The summed E-state index contributed by atoms with van der Waals surface area (Å²) in [6.45, 7) is 3.85. The number of carbonyl (C=O) groups is 1. The zero-order valence-corrected chi connectivity index (χ0v) is 13.2. The van der Waals surface area contributed by atoms with Crippen molar-refractivity contribution in [3.63, 3.8) is 0 Å². The molecule has 0 spiro atoms. The van der Waals surface area contributed by atoms with Crippen molar-refractivity contribution < 1.29 is 9.90 Å². The van der Waals surface area contributed by atoms with Crippen molar-refractivity contribution in [1.82, 2.24) is 5.32 Å². The SMILES string of the molecule is C=CC(c1ccccc1)c1cc(Br)cc(C(=O)NC)c1O. The Kier molecular flexibility index (Phi) is 4.81. The number of phenols is 1. The topological polar surface area (TPSA) is 49.3 Å². The van der Waals surface area contributed by atoms with Gasteiger partial charge in [-0.3, -0.25) is 4.79 Å². The first-order valence-electron chi connectivity index (χ1n) is 6.50. The highest BCUT2D eigenvalue weighted by Crippen LogP contribution is 2.36. The van der Waals surface area contributed by atoms with E-state index in [1.54, 1.807) is 18.2 Å². The Morgan fingerprint density at radius 3 is 2.57 bits per heavy atom. The van der Waals surface area contributed by atoms with Gasteiger partial charge in [0.1, 0.15) is 5.75 Å². The third-order valence-electron chi connectivity index (χ3n) is 3.31. The van der Waals surface area contributed by atoms with E-state index in [1.807, 2.05) is 30.3 Å². The molecule has 3 nitrogen and oxygen atoms in total. The molecule has 0 bridgehead atoms. The minimum atomic E-state index is -0.328. The molecule has 0 radical (unpaired) electrons. The maximum Gasteiger partial charge on any atom is 0.254 e. The molecule has 1 unspecified atom stereocenters. The molecular formula is C17H16BrNO2. The van der Waals surface area contributed by atoms with Crippen LogP contribution in [0.3, 0.4) is 0 Å². The molecule has 2 aromatic rings. The monoisotopic (exact) mass is 345 g/mol. The Morgan fingerprint density at radius 2 is 2.00 bits per heavy atom. The summed E-state index contributed by atoms with van der Waals surface area (Å²) in [4.78, 5) is 11.9. The third kappa shape index (κ3) is 3.16. The van der Waals surface area contributed by atoms with E-state index in [9.17, 15) is 9.90 Å². The Hall–Kier alpha value is -2.07. The fraction of sp³-hybridized carbons (Fsp3) is 0.118. The average Bonchev–Trinajstić information content (AvgIpc) is 2.51. The first-order chi connectivity index (χ1) is 10.1. The maximum atomic E-state index is 11.9. The molecule has 1 amide bonds. The number of amides is 1. The summed E-state index contributed by atoms with van der Waals surface area (Å²) in [5.74, 6) is -0.538. The molecule has 0 fully saturated rings. The minimum Gasteiger partial charge on any atom is -0.507 e. The highest BCUT2D eigenvalue weighted by Gasteiger charge is 2.20. The number of benzene rings is 2. The largest absolute Gasteiger partial charge is 0.507 e. The molecule has 2 rings (SSSR count). The normalized spacial score (nSPS) is 11.7. The summed E-state index contributed by atoms with van der Waals surface area (Å²) < 4.78 is 0.733. The molecule has 0 aromatic heterocycles. The molecular weight excluding hydrogens is 330 g/mol. The molecule has 0 aliphatic rings. The standard InChI is InChI=1S/C17H16BrNO2/c1-3-13(11-7-5-4-6-8-11)14-9-12(18)10-15(16(14)20)17(21)19-2/h3-10,13,20H,1H2,2H3,(H,19,21). The number of rotatable bonds is 4. The highest BCUT2D eigenvalue weighted by atomic mass is 79.9. The van der Waals surface area contributed by atoms with Crippen LogP contribution in [0.25, 0.3) is 0 Å². The summed E-state index contributed by atoms with van der Waals surface area (Å²) in [5.41, 5.74) is 1.89. The molecule has 1 atom stereocenters. The average molecular weight is 346 g/mol. The van der Waals surface area contributed by atoms with Crippen LogP contribution in [-0.2, 0) is 0 Å². The van der Waals surface area contributed by atoms with Crippen molar-refractivity contribution in [2.75, 3.05) is 7.05 Å². The Balaban J connectivity index is 2.59. The predicted octanol–water partition coefficient (Wildman–Crippen LogP) is 3.83. The van der Waals surface area contributed by atoms with Gasteiger partial charge in [-0.2, -0.15) is 0 Å². The lowest BCUT2D eigenvalue weighted by Gasteiger charge is -2.17. The van der Waals surface area contributed by atoms with Gasteiger partial charge >= 0.3 is 0 Å². The van der Waals surface area contributed by atoms with Crippen LogP contribution in [-0.4, -0.2) is 18.1 Å². The molecule has 0 aliphatic heterocycles. The summed E-state index contributed by atoms with van der Waals surface area (Å²) in [6.07, 6.45) is 1.75. The molecule has 4 heteroatoms. The molecule has 2 N–H and O–H groups in total. The molecule has 0 saturated carbocycles. The summed E-state index contributed by atoms with van der Waals surface area (Å²) in [5, 5.41) is 13.0. The molecule has 21 heavy (non-hydrogen) atoms. The van der Waals surface area contributed by atoms with Crippen LogP contribution in [0.5, 0.6) is 5.75 Å². The molecule has 0 aliphatic carbocycles. The van der Waals surface area contributed by atoms with Crippen LogP contribution >= 0.6 is 15.9 Å². The Bertz CT molecular complexity index is 668. The lowest BCUT2D eigenvalue weighted by Crippen LogP contribution is -2.18. The fourth-order valence-electron chi connectivity index (χ4n) is 2.27. The van der Waals surface area contributed by atoms with Gasteiger partial charge in [-0.25, -0.2) is 0 Å². The van der Waals surface area contributed by atoms with Gasteiger partial charge in [0, 0.05) is 23.0 Å². The molecule has 108 valence electrons. The van der Waals surface area contributed by atoms with Gasteiger partial charge in [0.2, 0.25) is 0 Å². The summed E-state index contributed by atoms with van der Waals surface area (Å²) in [6, 6.07) is 13.1. The first-order valence-corrected chi connectivity index (χ1v) is 7.29. The number of phenolic OH excluding ortho intramolecular Hbond substituents is 1. The van der Waals surface area contributed by atoms with Gasteiger partial charge in [-0.05, 0) is 17.7 Å². The van der Waals surface area contributed by atoms with Crippen molar-refractivity contribution in [3.8, 4) is 5.75 Å². The number of hydrogen-bond donors (Lipinski definition) is 2. The predicted molar refractivity (Wildman–Crippen MR) is 87.7 cm³/mol. The van der Waals surface area contributed by atoms with Crippen LogP contribution in [0.15, 0.2) is 59.6 Å². The lowest BCUT2D eigenvalue weighted by molar-refractivity contribution is 0.0960. The second-order valence-electron chi connectivity index (χ2n) is 4.59.